The highest BCUT2D eigenvalue weighted by Gasteiger charge is 2.20. The van der Waals surface area contributed by atoms with Gasteiger partial charge in [0.05, 0.1) is 0 Å². The summed E-state index contributed by atoms with van der Waals surface area (Å²) in [5.74, 6) is -0.123. The Morgan fingerprint density at radius 1 is 1.20 bits per heavy atom. The van der Waals surface area contributed by atoms with Crippen LogP contribution in [-0.4, -0.2) is 27.7 Å². The molecule has 0 fully saturated rings. The molecule has 0 saturated heterocycles. The van der Waals surface area contributed by atoms with E-state index < -0.39 is 5.54 Å². The van der Waals surface area contributed by atoms with E-state index in [1.54, 1.807) is 12.1 Å². The Balaban J connectivity index is 2.08. The molecule has 1 aromatic carbocycles. The van der Waals surface area contributed by atoms with Gasteiger partial charge >= 0.3 is 0 Å². The van der Waals surface area contributed by atoms with Crippen molar-refractivity contribution in [2.24, 2.45) is 0 Å². The second-order valence-electron chi connectivity index (χ2n) is 5.45. The van der Waals surface area contributed by atoms with Gasteiger partial charge in [-0.15, -0.1) is 0 Å². The molecule has 0 bridgehead atoms. The van der Waals surface area contributed by atoms with Crippen molar-refractivity contribution in [3.8, 4) is 5.69 Å². The second-order valence-corrected chi connectivity index (χ2v) is 5.45. The minimum Gasteiger partial charge on any atom is -0.396 e. The molecule has 2 aromatic rings. The molecule has 1 amide bonds. The van der Waals surface area contributed by atoms with Crippen molar-refractivity contribution in [3.05, 3.63) is 54.4 Å². The fraction of sp³-hybridized carbons (Fsp3) is 0.312. The summed E-state index contributed by atoms with van der Waals surface area (Å²) in [5, 5.41) is 11.9. The minimum atomic E-state index is -0.412. The van der Waals surface area contributed by atoms with Crippen LogP contribution in [0.1, 0.15) is 30.6 Å². The van der Waals surface area contributed by atoms with Gasteiger partial charge in [-0.25, -0.2) is 0 Å². The van der Waals surface area contributed by atoms with Crippen molar-refractivity contribution in [1.29, 1.82) is 0 Å². The van der Waals surface area contributed by atoms with E-state index in [9.17, 15) is 4.79 Å². The van der Waals surface area contributed by atoms with Crippen LogP contribution >= 0.6 is 0 Å². The van der Waals surface area contributed by atoms with Crippen LogP contribution in [0.4, 0.5) is 0 Å². The summed E-state index contributed by atoms with van der Waals surface area (Å²) < 4.78 is 1.98. The Bertz CT molecular complexity index is 557. The molecule has 4 nitrogen and oxygen atoms in total. The lowest BCUT2D eigenvalue weighted by Crippen LogP contribution is -2.44. The number of hydrogen-bond donors (Lipinski definition) is 2. The van der Waals surface area contributed by atoms with E-state index in [0.29, 0.717) is 12.0 Å². The van der Waals surface area contributed by atoms with E-state index in [-0.39, 0.29) is 12.5 Å². The third-order valence-corrected chi connectivity index (χ3v) is 3.22. The van der Waals surface area contributed by atoms with Crippen LogP contribution in [0.5, 0.6) is 0 Å². The molecule has 106 valence electrons. The number of amides is 1. The molecule has 1 aromatic heterocycles. The fourth-order valence-corrected chi connectivity index (χ4v) is 2.01. The predicted octanol–water partition coefficient (Wildman–Crippen LogP) is 2.37. The zero-order chi connectivity index (χ0) is 14.6. The molecule has 0 unspecified atom stereocenters. The SMILES string of the molecule is CC(C)(CCO)NC(=O)c1ccc(-n2cccc2)cc1. The quantitative estimate of drug-likeness (QED) is 0.878. The summed E-state index contributed by atoms with van der Waals surface area (Å²) in [6.45, 7) is 3.85. The smallest absolute Gasteiger partial charge is 0.251 e. The largest absolute Gasteiger partial charge is 0.396 e. The van der Waals surface area contributed by atoms with Crippen molar-refractivity contribution >= 4 is 5.91 Å². The van der Waals surface area contributed by atoms with E-state index in [4.69, 9.17) is 5.11 Å². The number of nitrogens with one attached hydrogen (secondary N) is 1. The number of hydrogen-bond acceptors (Lipinski definition) is 2. The molecule has 2 rings (SSSR count). The zero-order valence-electron chi connectivity index (χ0n) is 11.8. The minimum absolute atomic E-state index is 0.0554. The first kappa shape index (κ1) is 14.3. The third kappa shape index (κ3) is 3.48. The first-order chi connectivity index (χ1) is 9.52. The molecule has 2 N–H and O–H groups in total. The molecule has 1 heterocycles. The predicted molar refractivity (Wildman–Crippen MR) is 79.0 cm³/mol. The number of nitrogens with zero attached hydrogens (tertiary/aromatic N) is 1. The zero-order valence-corrected chi connectivity index (χ0v) is 11.8. The topological polar surface area (TPSA) is 54.3 Å². The monoisotopic (exact) mass is 272 g/mol. The average molecular weight is 272 g/mol. The number of carbonyl (C=O) groups excluding carboxylic acids is 1. The van der Waals surface area contributed by atoms with E-state index in [2.05, 4.69) is 5.32 Å². The van der Waals surface area contributed by atoms with E-state index in [0.717, 1.165) is 5.69 Å². The Labute approximate surface area is 119 Å². The summed E-state index contributed by atoms with van der Waals surface area (Å²) in [4.78, 5) is 12.1. The van der Waals surface area contributed by atoms with Crippen LogP contribution in [0.15, 0.2) is 48.8 Å². The average Bonchev–Trinajstić information content (AvgIpc) is 2.92. The molecule has 0 atom stereocenters. The fourth-order valence-electron chi connectivity index (χ4n) is 2.01. The highest BCUT2D eigenvalue weighted by atomic mass is 16.3. The van der Waals surface area contributed by atoms with Crippen molar-refractivity contribution in [2.75, 3.05) is 6.61 Å². The number of aliphatic hydroxyl groups excluding tert-OH is 1. The van der Waals surface area contributed by atoms with Crippen molar-refractivity contribution < 1.29 is 9.90 Å². The summed E-state index contributed by atoms with van der Waals surface area (Å²) >= 11 is 0. The number of aromatic nitrogens is 1. The van der Waals surface area contributed by atoms with Gasteiger partial charge in [0, 0.05) is 35.8 Å². The van der Waals surface area contributed by atoms with Crippen molar-refractivity contribution in [1.82, 2.24) is 9.88 Å². The molecular formula is C16H20N2O2. The molecule has 0 spiro atoms. The van der Waals surface area contributed by atoms with E-state index in [1.807, 2.05) is 55.1 Å². The maximum Gasteiger partial charge on any atom is 0.251 e. The number of aliphatic hydroxyl groups is 1. The van der Waals surface area contributed by atoms with Gasteiger partial charge in [-0.1, -0.05) is 0 Å². The highest BCUT2D eigenvalue weighted by Crippen LogP contribution is 2.12. The van der Waals surface area contributed by atoms with Crippen molar-refractivity contribution in [3.63, 3.8) is 0 Å². The highest BCUT2D eigenvalue weighted by molar-refractivity contribution is 5.94. The molecule has 4 heteroatoms. The van der Waals surface area contributed by atoms with Crippen LogP contribution in [0.3, 0.4) is 0 Å². The normalized spacial score (nSPS) is 11.3. The molecular weight excluding hydrogens is 252 g/mol. The molecule has 20 heavy (non-hydrogen) atoms. The molecule has 0 saturated carbocycles. The maximum atomic E-state index is 12.1. The molecule has 0 radical (unpaired) electrons. The van der Waals surface area contributed by atoms with E-state index in [1.165, 1.54) is 0 Å². The molecule has 0 aliphatic heterocycles. The third-order valence-electron chi connectivity index (χ3n) is 3.22. The van der Waals surface area contributed by atoms with Crippen LogP contribution in [-0.2, 0) is 0 Å². The van der Waals surface area contributed by atoms with E-state index >= 15 is 0 Å². The summed E-state index contributed by atoms with van der Waals surface area (Å²) in [6.07, 6.45) is 4.44. The molecule has 0 aliphatic rings. The van der Waals surface area contributed by atoms with Gasteiger partial charge in [0.15, 0.2) is 0 Å². The summed E-state index contributed by atoms with van der Waals surface area (Å²) in [7, 11) is 0. The van der Waals surface area contributed by atoms with Crippen molar-refractivity contribution in [2.45, 2.75) is 25.8 Å². The molecule has 0 aliphatic carbocycles. The Morgan fingerprint density at radius 2 is 1.80 bits per heavy atom. The Hall–Kier alpha value is -2.07. The van der Waals surface area contributed by atoms with Gasteiger partial charge in [-0.3, -0.25) is 4.79 Å². The number of rotatable bonds is 5. The van der Waals surface area contributed by atoms with Gasteiger partial charge in [0.1, 0.15) is 0 Å². The van der Waals surface area contributed by atoms with Crippen LogP contribution in [0, 0.1) is 0 Å². The lowest BCUT2D eigenvalue weighted by Gasteiger charge is -2.25. The van der Waals surface area contributed by atoms with Gasteiger partial charge < -0.3 is 15.0 Å². The van der Waals surface area contributed by atoms with Gasteiger partial charge in [0.2, 0.25) is 0 Å². The maximum absolute atomic E-state index is 12.1. The lowest BCUT2D eigenvalue weighted by atomic mass is 10.0. The van der Waals surface area contributed by atoms with Crippen LogP contribution in [0.25, 0.3) is 5.69 Å². The second kappa shape index (κ2) is 5.92. The first-order valence-electron chi connectivity index (χ1n) is 6.69. The van der Waals surface area contributed by atoms with Crippen LogP contribution < -0.4 is 5.32 Å². The number of carbonyl (C=O) groups is 1. The summed E-state index contributed by atoms with van der Waals surface area (Å²) in [5.41, 5.74) is 1.22. The number of benzene rings is 1. The van der Waals surface area contributed by atoms with Gasteiger partial charge in [-0.05, 0) is 56.7 Å². The standard InChI is InChI=1S/C16H20N2O2/c1-16(2,9-12-19)17-15(20)13-5-7-14(8-6-13)18-10-3-4-11-18/h3-8,10-11,19H,9,12H2,1-2H3,(H,17,20). The van der Waals surface area contributed by atoms with Crippen LogP contribution in [0.2, 0.25) is 0 Å². The Morgan fingerprint density at radius 3 is 2.35 bits per heavy atom. The Kier molecular flexibility index (Phi) is 4.25. The van der Waals surface area contributed by atoms with Gasteiger partial charge in [0.25, 0.3) is 5.91 Å². The summed E-state index contributed by atoms with van der Waals surface area (Å²) in [6, 6.07) is 11.3. The lowest BCUT2D eigenvalue weighted by molar-refractivity contribution is 0.0899. The first-order valence-corrected chi connectivity index (χ1v) is 6.69. The van der Waals surface area contributed by atoms with Gasteiger partial charge in [-0.2, -0.15) is 0 Å².